The standard InChI is InChI=1S/C30H56O4/c1-4-6-8-10-12-14-16-18-20-22-24-26-29(31)33-28(3)34-30(32)27-25-23-21-19-17-15-13-11-9-7-5-2/h3-27H2,1-2H3. The Hall–Kier alpha value is -1.32. The van der Waals surface area contributed by atoms with E-state index in [2.05, 4.69) is 20.4 Å². The average molecular weight is 481 g/mol. The van der Waals surface area contributed by atoms with Crippen molar-refractivity contribution in [2.75, 3.05) is 0 Å². The van der Waals surface area contributed by atoms with Crippen LogP contribution in [0.5, 0.6) is 0 Å². The van der Waals surface area contributed by atoms with E-state index in [9.17, 15) is 9.59 Å². The molecule has 0 heterocycles. The maximum absolute atomic E-state index is 11.9. The molecular weight excluding hydrogens is 424 g/mol. The lowest BCUT2D eigenvalue weighted by molar-refractivity contribution is -0.153. The van der Waals surface area contributed by atoms with Crippen molar-refractivity contribution in [1.82, 2.24) is 0 Å². The number of carbonyl (C=O) groups excluding carboxylic acids is 2. The summed E-state index contributed by atoms with van der Waals surface area (Å²) in [6.45, 7) is 8.06. The van der Waals surface area contributed by atoms with Crippen LogP contribution >= 0.6 is 0 Å². The van der Waals surface area contributed by atoms with Crippen LogP contribution in [-0.2, 0) is 19.1 Å². The van der Waals surface area contributed by atoms with Gasteiger partial charge in [-0.05, 0) is 19.4 Å². The molecule has 0 amide bonds. The van der Waals surface area contributed by atoms with Crippen LogP contribution in [0, 0.1) is 0 Å². The fraction of sp³-hybridized carbons (Fsp3) is 0.867. The Labute approximate surface area is 211 Å². The summed E-state index contributed by atoms with van der Waals surface area (Å²) in [4.78, 5) is 23.8. The third-order valence-electron chi connectivity index (χ3n) is 6.42. The predicted octanol–water partition coefficient (Wildman–Crippen LogP) is 9.95. The van der Waals surface area contributed by atoms with Gasteiger partial charge >= 0.3 is 11.9 Å². The maximum Gasteiger partial charge on any atom is 0.313 e. The van der Waals surface area contributed by atoms with Gasteiger partial charge in [-0.15, -0.1) is 0 Å². The molecule has 0 N–H and O–H groups in total. The summed E-state index contributed by atoms with van der Waals surface area (Å²) in [5.41, 5.74) is 0. The minimum Gasteiger partial charge on any atom is -0.393 e. The van der Waals surface area contributed by atoms with Crippen LogP contribution < -0.4 is 0 Å². The van der Waals surface area contributed by atoms with Gasteiger partial charge < -0.3 is 9.47 Å². The number of carbonyl (C=O) groups is 2. The first-order valence-electron chi connectivity index (χ1n) is 14.7. The fourth-order valence-corrected chi connectivity index (χ4v) is 4.24. The van der Waals surface area contributed by atoms with Gasteiger partial charge in [0.25, 0.3) is 5.95 Å². The highest BCUT2D eigenvalue weighted by molar-refractivity contribution is 5.72. The van der Waals surface area contributed by atoms with Crippen LogP contribution in [-0.4, -0.2) is 11.9 Å². The van der Waals surface area contributed by atoms with Crippen molar-refractivity contribution in [1.29, 1.82) is 0 Å². The highest BCUT2D eigenvalue weighted by Crippen LogP contribution is 2.14. The molecule has 0 unspecified atom stereocenters. The molecule has 0 aromatic heterocycles. The van der Waals surface area contributed by atoms with Gasteiger partial charge in [-0.25, -0.2) is 0 Å². The molecule has 0 aliphatic rings. The van der Waals surface area contributed by atoms with E-state index >= 15 is 0 Å². The molecule has 0 aromatic carbocycles. The Kier molecular flexibility index (Phi) is 25.3. The lowest BCUT2D eigenvalue weighted by Gasteiger charge is -2.08. The van der Waals surface area contributed by atoms with Crippen LogP contribution in [0.25, 0.3) is 0 Å². The molecule has 34 heavy (non-hydrogen) atoms. The molecule has 0 spiro atoms. The Bertz CT molecular complexity index is 444. The van der Waals surface area contributed by atoms with Crippen LogP contribution in [0.15, 0.2) is 12.5 Å². The van der Waals surface area contributed by atoms with Crippen molar-refractivity contribution in [2.45, 2.75) is 168 Å². The Morgan fingerprint density at radius 1 is 0.441 bits per heavy atom. The van der Waals surface area contributed by atoms with Gasteiger partial charge in [-0.2, -0.15) is 0 Å². The molecule has 0 fully saturated rings. The van der Waals surface area contributed by atoms with Crippen LogP contribution in [0.1, 0.15) is 168 Å². The quantitative estimate of drug-likeness (QED) is 0.0702. The van der Waals surface area contributed by atoms with Gasteiger partial charge in [0.2, 0.25) is 0 Å². The van der Waals surface area contributed by atoms with Crippen LogP contribution in [0.4, 0.5) is 0 Å². The molecule has 0 radical (unpaired) electrons. The molecule has 0 aromatic rings. The second kappa shape index (κ2) is 26.3. The largest absolute Gasteiger partial charge is 0.393 e. The first-order valence-corrected chi connectivity index (χ1v) is 14.7. The zero-order valence-electron chi connectivity index (χ0n) is 22.8. The summed E-state index contributed by atoms with van der Waals surface area (Å²) in [6.07, 6.45) is 28.0. The van der Waals surface area contributed by atoms with Crippen molar-refractivity contribution < 1.29 is 19.1 Å². The Morgan fingerprint density at radius 3 is 0.941 bits per heavy atom. The van der Waals surface area contributed by atoms with Gasteiger partial charge in [0.05, 0.1) is 0 Å². The molecule has 0 aliphatic carbocycles. The molecule has 0 aliphatic heterocycles. The molecule has 0 rings (SSSR count). The molecule has 0 saturated heterocycles. The lowest BCUT2D eigenvalue weighted by Crippen LogP contribution is -2.10. The van der Waals surface area contributed by atoms with E-state index in [-0.39, 0.29) is 17.9 Å². The van der Waals surface area contributed by atoms with E-state index in [0.717, 1.165) is 38.5 Å². The van der Waals surface area contributed by atoms with E-state index in [1.807, 2.05) is 0 Å². The van der Waals surface area contributed by atoms with Gasteiger partial charge in [-0.3, -0.25) is 9.59 Å². The normalized spacial score (nSPS) is 10.9. The van der Waals surface area contributed by atoms with E-state index in [1.165, 1.54) is 103 Å². The van der Waals surface area contributed by atoms with E-state index in [0.29, 0.717) is 12.8 Å². The number of hydrogen-bond donors (Lipinski definition) is 0. The second-order valence-electron chi connectivity index (χ2n) is 9.89. The van der Waals surface area contributed by atoms with E-state index < -0.39 is 0 Å². The van der Waals surface area contributed by atoms with Gasteiger partial charge in [0.15, 0.2) is 0 Å². The molecule has 4 heteroatoms. The first-order chi connectivity index (χ1) is 16.6. The minimum atomic E-state index is -0.358. The van der Waals surface area contributed by atoms with Crippen molar-refractivity contribution >= 4 is 11.9 Å². The summed E-state index contributed by atoms with van der Waals surface area (Å²) in [5.74, 6) is -0.895. The number of esters is 2. The number of ether oxygens (including phenoxy) is 2. The predicted molar refractivity (Wildman–Crippen MR) is 143 cm³/mol. The topological polar surface area (TPSA) is 52.6 Å². The number of rotatable bonds is 26. The lowest BCUT2D eigenvalue weighted by atomic mass is 10.1. The highest BCUT2D eigenvalue weighted by atomic mass is 16.7. The van der Waals surface area contributed by atoms with Crippen molar-refractivity contribution in [2.24, 2.45) is 0 Å². The zero-order chi connectivity index (χ0) is 25.1. The molecule has 200 valence electrons. The van der Waals surface area contributed by atoms with Crippen molar-refractivity contribution in [3.63, 3.8) is 0 Å². The zero-order valence-corrected chi connectivity index (χ0v) is 22.8. The van der Waals surface area contributed by atoms with E-state index in [4.69, 9.17) is 9.47 Å². The van der Waals surface area contributed by atoms with E-state index in [1.54, 1.807) is 0 Å². The first kappa shape index (κ1) is 32.7. The van der Waals surface area contributed by atoms with Crippen LogP contribution in [0.2, 0.25) is 0 Å². The van der Waals surface area contributed by atoms with Gasteiger partial charge in [-0.1, -0.05) is 142 Å². The molecular formula is C30H56O4. The van der Waals surface area contributed by atoms with Crippen molar-refractivity contribution in [3.05, 3.63) is 12.5 Å². The fourth-order valence-electron chi connectivity index (χ4n) is 4.24. The summed E-state index contributed by atoms with van der Waals surface area (Å²) >= 11 is 0. The smallest absolute Gasteiger partial charge is 0.313 e. The summed E-state index contributed by atoms with van der Waals surface area (Å²) < 4.78 is 10.1. The summed E-state index contributed by atoms with van der Waals surface area (Å²) in [5, 5.41) is 0. The third-order valence-corrected chi connectivity index (χ3v) is 6.42. The monoisotopic (exact) mass is 480 g/mol. The van der Waals surface area contributed by atoms with Gasteiger partial charge in [0, 0.05) is 12.8 Å². The SMILES string of the molecule is C=C(OC(=O)CCCCCCCCCCCCC)OC(=O)CCCCCCCCCCCCC. The number of unbranched alkanes of at least 4 members (excludes halogenated alkanes) is 20. The second-order valence-corrected chi connectivity index (χ2v) is 9.89. The molecule has 0 saturated carbocycles. The molecule has 0 atom stereocenters. The van der Waals surface area contributed by atoms with Crippen LogP contribution in [0.3, 0.4) is 0 Å². The molecule has 4 nitrogen and oxygen atoms in total. The van der Waals surface area contributed by atoms with Gasteiger partial charge in [0.1, 0.15) is 0 Å². The number of hydrogen-bond acceptors (Lipinski definition) is 4. The summed E-state index contributed by atoms with van der Waals surface area (Å²) in [6, 6.07) is 0. The highest BCUT2D eigenvalue weighted by Gasteiger charge is 2.11. The molecule has 0 bridgehead atoms. The van der Waals surface area contributed by atoms with Crippen molar-refractivity contribution in [3.8, 4) is 0 Å². The minimum absolute atomic E-state index is 0.179. The Morgan fingerprint density at radius 2 is 0.676 bits per heavy atom. The maximum atomic E-state index is 11.9. The summed E-state index contributed by atoms with van der Waals surface area (Å²) in [7, 11) is 0. The Balaban J connectivity index is 3.46. The third kappa shape index (κ3) is 25.3. The average Bonchev–Trinajstić information content (AvgIpc) is 2.80.